The largest absolute Gasteiger partial charge is 0.478 e. The van der Waals surface area contributed by atoms with Gasteiger partial charge in [0.1, 0.15) is 11.6 Å². The van der Waals surface area contributed by atoms with Crippen molar-refractivity contribution in [1.29, 1.82) is 0 Å². The van der Waals surface area contributed by atoms with Gasteiger partial charge in [-0.2, -0.15) is 0 Å². The highest BCUT2D eigenvalue weighted by atomic mass is 19.1. The molecule has 1 N–H and O–H groups in total. The molecule has 0 heterocycles. The molecule has 1 aromatic rings. The van der Waals surface area contributed by atoms with Gasteiger partial charge < -0.3 is 5.11 Å². The Balaban J connectivity index is 3.23. The zero-order chi connectivity index (χ0) is 11.4. The Kier molecular flexibility index (Phi) is 3.55. The Morgan fingerprint density at radius 1 is 1.47 bits per heavy atom. The Hall–Kier alpha value is -1.71. The van der Waals surface area contributed by atoms with Crippen molar-refractivity contribution in [1.82, 2.24) is 0 Å². The van der Waals surface area contributed by atoms with Gasteiger partial charge in [-0.05, 0) is 30.2 Å². The Morgan fingerprint density at radius 2 is 2.13 bits per heavy atom. The highest BCUT2D eigenvalue weighted by Gasteiger charge is 2.09. The van der Waals surface area contributed by atoms with Crippen LogP contribution in [-0.4, -0.2) is 11.1 Å². The van der Waals surface area contributed by atoms with Crippen LogP contribution in [0, 0.1) is 11.6 Å². The van der Waals surface area contributed by atoms with Crippen LogP contribution in [0.25, 0.3) is 5.57 Å². The van der Waals surface area contributed by atoms with Gasteiger partial charge in [0.25, 0.3) is 0 Å². The van der Waals surface area contributed by atoms with E-state index >= 15 is 0 Å². The Bertz CT molecular complexity index is 411. The molecule has 1 rings (SSSR count). The van der Waals surface area contributed by atoms with E-state index in [0.717, 1.165) is 24.3 Å². The van der Waals surface area contributed by atoms with Gasteiger partial charge in [0.2, 0.25) is 0 Å². The van der Waals surface area contributed by atoms with Crippen LogP contribution in [0.4, 0.5) is 8.78 Å². The van der Waals surface area contributed by atoms with E-state index < -0.39 is 17.6 Å². The van der Waals surface area contributed by atoms with Crippen LogP contribution in [0.15, 0.2) is 24.3 Å². The lowest BCUT2D eigenvalue weighted by atomic mass is 10.0. The average Bonchev–Trinajstić information content (AvgIpc) is 2.18. The first kappa shape index (κ1) is 11.4. The molecule has 0 aliphatic rings. The van der Waals surface area contributed by atoms with Crippen molar-refractivity contribution in [3.63, 3.8) is 0 Å². The fourth-order valence-corrected chi connectivity index (χ4v) is 1.26. The van der Waals surface area contributed by atoms with Crippen molar-refractivity contribution >= 4 is 11.5 Å². The molecule has 0 saturated heterocycles. The minimum atomic E-state index is -1.17. The molecule has 0 aromatic heterocycles. The number of carbonyl (C=O) groups is 1. The van der Waals surface area contributed by atoms with E-state index in [4.69, 9.17) is 5.11 Å². The molecule has 4 heteroatoms. The van der Waals surface area contributed by atoms with Crippen LogP contribution in [0.5, 0.6) is 0 Å². The predicted octanol–water partition coefficient (Wildman–Crippen LogP) is 2.84. The highest BCUT2D eigenvalue weighted by molar-refractivity contribution is 5.90. The molecule has 80 valence electrons. The second kappa shape index (κ2) is 4.68. The number of carboxylic acids is 1. The zero-order valence-corrected chi connectivity index (χ0v) is 8.13. The maximum atomic E-state index is 13.3. The third-order valence-electron chi connectivity index (χ3n) is 1.95. The SMILES string of the molecule is CC/C(=C\C(=O)O)c1cc(F)ccc1F. The van der Waals surface area contributed by atoms with Crippen LogP contribution in [0.3, 0.4) is 0 Å². The molecule has 1 aromatic carbocycles. The molecule has 0 radical (unpaired) electrons. The standard InChI is InChI=1S/C11H10F2O2/c1-2-7(5-11(14)15)9-6-8(12)3-4-10(9)13/h3-6H,2H2,1H3,(H,14,15)/b7-5+. The summed E-state index contributed by atoms with van der Waals surface area (Å²) in [4.78, 5) is 10.4. The summed E-state index contributed by atoms with van der Waals surface area (Å²) < 4.78 is 26.1. The fraction of sp³-hybridized carbons (Fsp3) is 0.182. The van der Waals surface area contributed by atoms with Gasteiger partial charge in [0, 0.05) is 11.6 Å². The minimum Gasteiger partial charge on any atom is -0.478 e. The molecule has 0 atom stereocenters. The van der Waals surface area contributed by atoms with Gasteiger partial charge in [0.15, 0.2) is 0 Å². The van der Waals surface area contributed by atoms with Crippen molar-refractivity contribution < 1.29 is 18.7 Å². The molecule has 0 aliphatic carbocycles. The van der Waals surface area contributed by atoms with Crippen LogP contribution >= 0.6 is 0 Å². The second-order valence-corrected chi connectivity index (χ2v) is 2.99. The summed E-state index contributed by atoms with van der Waals surface area (Å²) in [5, 5.41) is 8.54. The molecule has 0 fully saturated rings. The molecule has 0 unspecified atom stereocenters. The first-order chi connectivity index (χ1) is 7.04. The fourth-order valence-electron chi connectivity index (χ4n) is 1.26. The second-order valence-electron chi connectivity index (χ2n) is 2.99. The van der Waals surface area contributed by atoms with Crippen molar-refractivity contribution in [2.24, 2.45) is 0 Å². The van der Waals surface area contributed by atoms with Gasteiger partial charge in [-0.1, -0.05) is 6.92 Å². The quantitative estimate of drug-likeness (QED) is 0.782. The molecule has 2 nitrogen and oxygen atoms in total. The van der Waals surface area contributed by atoms with E-state index in [-0.39, 0.29) is 11.1 Å². The lowest BCUT2D eigenvalue weighted by Crippen LogP contribution is -1.95. The molecular formula is C11H10F2O2. The number of hydrogen-bond acceptors (Lipinski definition) is 1. The van der Waals surface area contributed by atoms with Crippen molar-refractivity contribution in [3.8, 4) is 0 Å². The molecule has 0 saturated carbocycles. The summed E-state index contributed by atoms with van der Waals surface area (Å²) >= 11 is 0. The summed E-state index contributed by atoms with van der Waals surface area (Å²) in [6.45, 7) is 1.68. The number of rotatable bonds is 3. The number of benzene rings is 1. The molecule has 0 aliphatic heterocycles. The van der Waals surface area contributed by atoms with Crippen LogP contribution in [0.2, 0.25) is 0 Å². The third kappa shape index (κ3) is 2.87. The first-order valence-corrected chi connectivity index (χ1v) is 4.43. The van der Waals surface area contributed by atoms with E-state index in [1.54, 1.807) is 6.92 Å². The highest BCUT2D eigenvalue weighted by Crippen LogP contribution is 2.22. The lowest BCUT2D eigenvalue weighted by molar-refractivity contribution is -0.131. The molecule has 0 amide bonds. The predicted molar refractivity (Wildman–Crippen MR) is 52.3 cm³/mol. The van der Waals surface area contributed by atoms with Gasteiger partial charge in [0.05, 0.1) is 0 Å². The maximum absolute atomic E-state index is 13.3. The zero-order valence-electron chi connectivity index (χ0n) is 8.13. The van der Waals surface area contributed by atoms with E-state index in [1.807, 2.05) is 0 Å². The topological polar surface area (TPSA) is 37.3 Å². The van der Waals surface area contributed by atoms with Crippen molar-refractivity contribution in [2.75, 3.05) is 0 Å². The number of allylic oxidation sites excluding steroid dienone is 1. The van der Waals surface area contributed by atoms with E-state index in [0.29, 0.717) is 6.42 Å². The van der Waals surface area contributed by atoms with Gasteiger partial charge >= 0.3 is 5.97 Å². The average molecular weight is 212 g/mol. The van der Waals surface area contributed by atoms with E-state index in [1.165, 1.54) is 0 Å². The van der Waals surface area contributed by atoms with Gasteiger partial charge in [-0.3, -0.25) is 0 Å². The van der Waals surface area contributed by atoms with Crippen molar-refractivity contribution in [2.45, 2.75) is 13.3 Å². The normalized spacial score (nSPS) is 11.5. The van der Waals surface area contributed by atoms with Crippen LogP contribution < -0.4 is 0 Å². The summed E-state index contributed by atoms with van der Waals surface area (Å²) in [7, 11) is 0. The lowest BCUT2D eigenvalue weighted by Gasteiger charge is -2.05. The molecule has 0 bridgehead atoms. The van der Waals surface area contributed by atoms with Gasteiger partial charge in [-0.15, -0.1) is 0 Å². The third-order valence-corrected chi connectivity index (χ3v) is 1.95. The van der Waals surface area contributed by atoms with Gasteiger partial charge in [-0.25, -0.2) is 13.6 Å². The summed E-state index contributed by atoms with van der Waals surface area (Å²) in [6, 6.07) is 2.97. The number of halogens is 2. The van der Waals surface area contributed by atoms with E-state index in [2.05, 4.69) is 0 Å². The number of hydrogen-bond donors (Lipinski definition) is 1. The Labute approximate surface area is 85.9 Å². The number of carboxylic acid groups (broad SMARTS) is 1. The minimum absolute atomic E-state index is 0.0000926. The molecular weight excluding hydrogens is 202 g/mol. The van der Waals surface area contributed by atoms with Crippen LogP contribution in [-0.2, 0) is 4.79 Å². The van der Waals surface area contributed by atoms with Crippen molar-refractivity contribution in [3.05, 3.63) is 41.5 Å². The smallest absolute Gasteiger partial charge is 0.328 e. The summed E-state index contributed by atoms with van der Waals surface area (Å²) in [5.74, 6) is -2.38. The van der Waals surface area contributed by atoms with E-state index in [9.17, 15) is 13.6 Å². The van der Waals surface area contributed by atoms with Crippen LogP contribution in [0.1, 0.15) is 18.9 Å². The molecule has 15 heavy (non-hydrogen) atoms. The summed E-state index contributed by atoms with van der Waals surface area (Å²) in [5.41, 5.74) is 0.263. The first-order valence-electron chi connectivity index (χ1n) is 4.43. The monoisotopic (exact) mass is 212 g/mol. The summed E-state index contributed by atoms with van der Waals surface area (Å²) in [6.07, 6.45) is 1.21. The molecule has 0 spiro atoms. The maximum Gasteiger partial charge on any atom is 0.328 e. The Morgan fingerprint density at radius 3 is 2.67 bits per heavy atom. The number of aliphatic carboxylic acids is 1.